The van der Waals surface area contributed by atoms with Crippen molar-refractivity contribution in [3.05, 3.63) is 16.1 Å². The summed E-state index contributed by atoms with van der Waals surface area (Å²) in [5.41, 5.74) is 3.45. The lowest BCUT2D eigenvalue weighted by Gasteiger charge is -2.34. The van der Waals surface area contributed by atoms with E-state index >= 15 is 0 Å². The molecule has 1 heterocycles. The van der Waals surface area contributed by atoms with Crippen LogP contribution in [0.3, 0.4) is 0 Å². The Morgan fingerprint density at radius 2 is 2.16 bits per heavy atom. The van der Waals surface area contributed by atoms with Gasteiger partial charge < -0.3 is 10.2 Å². The molecule has 0 aromatic carbocycles. The molecular weight excluding hydrogens is 254 g/mol. The molecule has 0 saturated heterocycles. The van der Waals surface area contributed by atoms with E-state index in [0.29, 0.717) is 11.5 Å². The van der Waals surface area contributed by atoms with Crippen molar-refractivity contribution in [2.75, 3.05) is 20.1 Å². The highest BCUT2D eigenvalue weighted by Crippen LogP contribution is 2.23. The van der Waals surface area contributed by atoms with Crippen LogP contribution >= 0.6 is 11.3 Å². The maximum atomic E-state index is 4.33. The second kappa shape index (κ2) is 7.36. The van der Waals surface area contributed by atoms with Gasteiger partial charge in [0.2, 0.25) is 0 Å². The van der Waals surface area contributed by atoms with Crippen LogP contribution in [0.1, 0.15) is 44.7 Å². The molecule has 0 bridgehead atoms. The molecule has 1 rings (SSSR count). The molecule has 0 aliphatic heterocycles. The molecular formula is C15H29N3S. The van der Waals surface area contributed by atoms with E-state index in [-0.39, 0.29) is 0 Å². The Bertz CT molecular complexity index is 375. The number of hydrogen-bond donors (Lipinski definition) is 1. The molecule has 0 fully saturated rings. The zero-order valence-corrected chi connectivity index (χ0v) is 14.1. The lowest BCUT2D eigenvalue weighted by Crippen LogP contribution is -2.42. The summed E-state index contributed by atoms with van der Waals surface area (Å²) in [5, 5.41) is 3.58. The highest BCUT2D eigenvalue weighted by molar-refractivity contribution is 7.09. The van der Waals surface area contributed by atoms with Crippen LogP contribution in [0.4, 0.5) is 0 Å². The van der Waals surface area contributed by atoms with Gasteiger partial charge in [0, 0.05) is 30.6 Å². The number of hydrogen-bond acceptors (Lipinski definition) is 4. The predicted molar refractivity (Wildman–Crippen MR) is 84.7 cm³/mol. The summed E-state index contributed by atoms with van der Waals surface area (Å²) in [7, 11) is 2.21. The van der Waals surface area contributed by atoms with E-state index in [1.165, 1.54) is 17.0 Å². The lowest BCUT2D eigenvalue weighted by atomic mass is 9.86. The van der Waals surface area contributed by atoms with Crippen LogP contribution in [0.2, 0.25) is 0 Å². The second-order valence-electron chi connectivity index (χ2n) is 6.23. The van der Waals surface area contributed by atoms with Crippen LogP contribution in [-0.2, 0) is 6.54 Å². The molecule has 1 N–H and O–H groups in total. The molecule has 1 aromatic rings. The first kappa shape index (κ1) is 16.6. The zero-order chi connectivity index (χ0) is 14.5. The third-order valence-corrected chi connectivity index (χ3v) is 4.62. The van der Waals surface area contributed by atoms with E-state index in [9.17, 15) is 0 Å². The maximum Gasteiger partial charge on any atom is 0.0798 e. The Kier molecular flexibility index (Phi) is 6.43. The molecule has 110 valence electrons. The average Bonchev–Trinajstić information content (AvgIpc) is 2.72. The minimum atomic E-state index is 0.331. The third-order valence-electron chi connectivity index (χ3n) is 3.70. The zero-order valence-electron chi connectivity index (χ0n) is 13.3. The summed E-state index contributed by atoms with van der Waals surface area (Å²) in [6.45, 7) is 14.4. The minimum Gasteiger partial charge on any atom is -0.314 e. The first-order valence-electron chi connectivity index (χ1n) is 7.17. The van der Waals surface area contributed by atoms with Gasteiger partial charge in [0.25, 0.3) is 0 Å². The summed E-state index contributed by atoms with van der Waals surface area (Å²) in [6, 6.07) is 0.555. The van der Waals surface area contributed by atoms with Crippen molar-refractivity contribution in [2.45, 2.75) is 53.6 Å². The predicted octanol–water partition coefficient (Wildman–Crippen LogP) is 3.30. The first-order valence-corrected chi connectivity index (χ1v) is 8.05. The van der Waals surface area contributed by atoms with Crippen LogP contribution in [0, 0.1) is 12.3 Å². The summed E-state index contributed by atoms with van der Waals surface area (Å²) in [4.78, 5) is 8.13. The van der Waals surface area contributed by atoms with Crippen molar-refractivity contribution < 1.29 is 0 Å². The molecule has 1 atom stereocenters. The number of aryl methyl sites for hydroxylation is 1. The standard InChI is InChI=1S/C15H29N3S/c1-7-15(5,9-16-12(2)3)10-18(6)8-14-13(4)17-11-19-14/h11-12,16H,7-10H2,1-6H3. The van der Waals surface area contributed by atoms with Crippen molar-refractivity contribution >= 4 is 11.3 Å². The molecule has 0 aliphatic carbocycles. The number of thiazole rings is 1. The smallest absolute Gasteiger partial charge is 0.0798 e. The third kappa shape index (κ3) is 5.59. The molecule has 0 radical (unpaired) electrons. The number of nitrogens with one attached hydrogen (secondary N) is 1. The SMILES string of the molecule is CCC(C)(CNC(C)C)CN(C)Cc1scnc1C. The van der Waals surface area contributed by atoms with E-state index < -0.39 is 0 Å². The minimum absolute atomic E-state index is 0.331. The summed E-state index contributed by atoms with van der Waals surface area (Å²) in [5.74, 6) is 0. The van der Waals surface area contributed by atoms with Crippen LogP contribution < -0.4 is 5.32 Å². The van der Waals surface area contributed by atoms with Crippen molar-refractivity contribution in [2.24, 2.45) is 5.41 Å². The summed E-state index contributed by atoms with van der Waals surface area (Å²) < 4.78 is 0. The number of rotatable bonds is 8. The molecule has 4 heteroatoms. The van der Waals surface area contributed by atoms with Gasteiger partial charge in [-0.2, -0.15) is 0 Å². The fourth-order valence-electron chi connectivity index (χ4n) is 2.17. The largest absolute Gasteiger partial charge is 0.314 e. The molecule has 3 nitrogen and oxygen atoms in total. The van der Waals surface area contributed by atoms with Crippen molar-refractivity contribution in [1.82, 2.24) is 15.2 Å². The van der Waals surface area contributed by atoms with E-state index in [2.05, 4.69) is 56.9 Å². The highest BCUT2D eigenvalue weighted by Gasteiger charge is 2.24. The van der Waals surface area contributed by atoms with E-state index in [1.807, 2.05) is 5.51 Å². The van der Waals surface area contributed by atoms with Gasteiger partial charge in [0.05, 0.1) is 11.2 Å². The van der Waals surface area contributed by atoms with Gasteiger partial charge in [-0.05, 0) is 25.8 Å². The van der Waals surface area contributed by atoms with Crippen molar-refractivity contribution in [1.29, 1.82) is 0 Å². The van der Waals surface area contributed by atoms with Gasteiger partial charge in [0.15, 0.2) is 0 Å². The second-order valence-corrected chi connectivity index (χ2v) is 7.17. The van der Waals surface area contributed by atoms with Gasteiger partial charge in [0.1, 0.15) is 0 Å². The maximum absolute atomic E-state index is 4.33. The average molecular weight is 283 g/mol. The van der Waals surface area contributed by atoms with Crippen LogP contribution in [0.5, 0.6) is 0 Å². The molecule has 0 aliphatic rings. The number of aromatic nitrogens is 1. The fraction of sp³-hybridized carbons (Fsp3) is 0.800. The molecule has 19 heavy (non-hydrogen) atoms. The Morgan fingerprint density at radius 1 is 1.47 bits per heavy atom. The van der Waals surface area contributed by atoms with E-state index in [1.54, 1.807) is 11.3 Å². The van der Waals surface area contributed by atoms with E-state index in [4.69, 9.17) is 0 Å². The van der Waals surface area contributed by atoms with Crippen LogP contribution in [0.15, 0.2) is 5.51 Å². The lowest BCUT2D eigenvalue weighted by molar-refractivity contribution is 0.173. The summed E-state index contributed by atoms with van der Waals surface area (Å²) in [6.07, 6.45) is 1.19. The van der Waals surface area contributed by atoms with Crippen molar-refractivity contribution in [3.8, 4) is 0 Å². The monoisotopic (exact) mass is 283 g/mol. The van der Waals surface area contributed by atoms with E-state index in [0.717, 1.165) is 19.6 Å². The first-order chi connectivity index (χ1) is 8.86. The van der Waals surface area contributed by atoms with Gasteiger partial charge in [-0.25, -0.2) is 4.98 Å². The van der Waals surface area contributed by atoms with Gasteiger partial charge in [-0.1, -0.05) is 27.7 Å². The van der Waals surface area contributed by atoms with Gasteiger partial charge in [-0.3, -0.25) is 0 Å². The van der Waals surface area contributed by atoms with Gasteiger partial charge >= 0.3 is 0 Å². The van der Waals surface area contributed by atoms with Crippen LogP contribution in [0.25, 0.3) is 0 Å². The quantitative estimate of drug-likeness (QED) is 0.793. The normalized spacial score (nSPS) is 15.2. The van der Waals surface area contributed by atoms with Crippen molar-refractivity contribution in [3.63, 3.8) is 0 Å². The topological polar surface area (TPSA) is 28.2 Å². The molecule has 1 aromatic heterocycles. The summed E-state index contributed by atoms with van der Waals surface area (Å²) >= 11 is 1.76. The Balaban J connectivity index is 2.52. The molecule has 1 unspecified atom stereocenters. The molecule has 0 saturated carbocycles. The Morgan fingerprint density at radius 3 is 2.63 bits per heavy atom. The Hall–Kier alpha value is -0.450. The van der Waals surface area contributed by atoms with Crippen LogP contribution in [-0.4, -0.2) is 36.1 Å². The van der Waals surface area contributed by atoms with Gasteiger partial charge in [-0.15, -0.1) is 11.3 Å². The number of nitrogens with zero attached hydrogens (tertiary/aromatic N) is 2. The molecule has 0 amide bonds. The highest BCUT2D eigenvalue weighted by atomic mass is 32.1. The molecule has 0 spiro atoms. The fourth-order valence-corrected chi connectivity index (χ4v) is 3.03. The Labute approximate surface area is 122 Å².